The third-order valence-corrected chi connectivity index (χ3v) is 8.54. The van der Waals surface area contributed by atoms with Gasteiger partial charge in [0.1, 0.15) is 0 Å². The zero-order chi connectivity index (χ0) is 18.9. The minimum Gasteiger partial charge on any atom is -0.341 e. The Morgan fingerprint density at radius 3 is 2.38 bits per heavy atom. The Morgan fingerprint density at radius 2 is 1.81 bits per heavy atom. The molecule has 2 aliphatic rings. The summed E-state index contributed by atoms with van der Waals surface area (Å²) in [5, 5.41) is 9.06. The Hall–Kier alpha value is -1.87. The number of piperidine rings is 1. The minimum absolute atomic E-state index is 0.0331. The maximum absolute atomic E-state index is 13.6. The average Bonchev–Trinajstić information content (AvgIpc) is 3.15. The number of aryl methyl sites for hydroxylation is 2. The maximum Gasteiger partial charge on any atom is 0.244 e. The zero-order valence-corrected chi connectivity index (χ0v) is 16.3. The highest BCUT2D eigenvalue weighted by molar-refractivity contribution is 7.93. The fourth-order valence-electron chi connectivity index (χ4n) is 4.25. The largest absolute Gasteiger partial charge is 0.341 e. The second-order valence-electron chi connectivity index (χ2n) is 7.67. The van der Waals surface area contributed by atoms with Crippen LogP contribution in [-0.4, -0.2) is 37.1 Å². The van der Waals surface area contributed by atoms with Crippen molar-refractivity contribution in [3.05, 3.63) is 29.3 Å². The number of sulfone groups is 1. The molecule has 1 saturated carbocycles. The summed E-state index contributed by atoms with van der Waals surface area (Å²) in [6.07, 6.45) is 3.54. The van der Waals surface area contributed by atoms with Crippen LogP contribution in [-0.2, 0) is 14.6 Å². The molecule has 1 aliphatic carbocycles. The lowest BCUT2D eigenvalue weighted by Crippen LogP contribution is -2.54. The molecular formula is C20H26N2O3S. The van der Waals surface area contributed by atoms with Crippen LogP contribution in [0.1, 0.15) is 49.7 Å². The monoisotopic (exact) mass is 374 g/mol. The van der Waals surface area contributed by atoms with Crippen LogP contribution in [0.4, 0.5) is 0 Å². The molecule has 1 aliphatic heterocycles. The summed E-state index contributed by atoms with van der Waals surface area (Å²) in [5.41, 5.74) is 1.57. The van der Waals surface area contributed by atoms with Gasteiger partial charge in [0.15, 0.2) is 14.6 Å². The number of carbonyl (C=O) groups excluding carboxylic acids is 1. The van der Waals surface area contributed by atoms with Gasteiger partial charge in [-0.05, 0) is 56.7 Å². The first-order valence-electron chi connectivity index (χ1n) is 9.33. The number of likely N-dealkylation sites (tertiary alicyclic amines) is 1. The molecule has 1 aromatic carbocycles. The maximum atomic E-state index is 13.6. The van der Waals surface area contributed by atoms with E-state index in [4.69, 9.17) is 5.26 Å². The van der Waals surface area contributed by atoms with Crippen LogP contribution in [0.3, 0.4) is 0 Å². The van der Waals surface area contributed by atoms with E-state index in [1.165, 1.54) is 0 Å². The second-order valence-corrected chi connectivity index (χ2v) is 9.90. The normalized spacial score (nSPS) is 20.7. The highest BCUT2D eigenvalue weighted by Gasteiger charge is 2.55. The molecule has 0 atom stereocenters. The summed E-state index contributed by atoms with van der Waals surface area (Å²) in [5.74, 6) is -0.290. The predicted octanol–water partition coefficient (Wildman–Crippen LogP) is 3.15. The van der Waals surface area contributed by atoms with Gasteiger partial charge in [0.25, 0.3) is 0 Å². The molecule has 0 unspecified atom stereocenters. The standard InChI is InChI=1S/C20H26N2O3S/c1-15-5-6-16(2)18(13-15)26(24,25)20(9-3-4-10-20)19(23)22-11-7-17(14-21)8-12-22/h5-6,13,17H,3-4,7-12H2,1-2H3. The summed E-state index contributed by atoms with van der Waals surface area (Å²) >= 11 is 0. The highest BCUT2D eigenvalue weighted by Crippen LogP contribution is 2.43. The third-order valence-electron chi connectivity index (χ3n) is 5.91. The first-order chi connectivity index (χ1) is 12.3. The molecular weight excluding hydrogens is 348 g/mol. The highest BCUT2D eigenvalue weighted by atomic mass is 32.2. The van der Waals surface area contributed by atoms with E-state index in [0.29, 0.717) is 49.2 Å². The van der Waals surface area contributed by atoms with E-state index < -0.39 is 14.6 Å². The Bertz CT molecular complexity index is 840. The Morgan fingerprint density at radius 1 is 1.19 bits per heavy atom. The molecule has 0 spiro atoms. The number of hydrogen-bond donors (Lipinski definition) is 0. The van der Waals surface area contributed by atoms with Crippen molar-refractivity contribution in [3.8, 4) is 6.07 Å². The van der Waals surface area contributed by atoms with Crippen LogP contribution in [0.5, 0.6) is 0 Å². The number of hydrogen-bond acceptors (Lipinski definition) is 4. The third kappa shape index (κ3) is 3.03. The van der Waals surface area contributed by atoms with Gasteiger partial charge in [-0.1, -0.05) is 25.0 Å². The van der Waals surface area contributed by atoms with Gasteiger partial charge in [0, 0.05) is 19.0 Å². The van der Waals surface area contributed by atoms with E-state index in [1.54, 1.807) is 17.9 Å². The molecule has 1 saturated heterocycles. The molecule has 0 radical (unpaired) electrons. The predicted molar refractivity (Wildman–Crippen MR) is 99.2 cm³/mol. The van der Waals surface area contributed by atoms with Crippen molar-refractivity contribution >= 4 is 15.7 Å². The van der Waals surface area contributed by atoms with Gasteiger partial charge in [0.2, 0.25) is 5.91 Å². The lowest BCUT2D eigenvalue weighted by Gasteiger charge is -2.37. The van der Waals surface area contributed by atoms with Crippen molar-refractivity contribution in [2.45, 2.75) is 62.0 Å². The van der Waals surface area contributed by atoms with Crippen LogP contribution in [0, 0.1) is 31.1 Å². The quantitative estimate of drug-likeness (QED) is 0.814. The van der Waals surface area contributed by atoms with Crippen molar-refractivity contribution in [3.63, 3.8) is 0 Å². The van der Waals surface area contributed by atoms with Crippen molar-refractivity contribution in [1.82, 2.24) is 4.90 Å². The molecule has 140 valence electrons. The fourth-order valence-corrected chi connectivity index (χ4v) is 6.69. The van der Waals surface area contributed by atoms with Gasteiger partial charge in [0.05, 0.1) is 11.0 Å². The molecule has 26 heavy (non-hydrogen) atoms. The van der Waals surface area contributed by atoms with Crippen molar-refractivity contribution in [2.24, 2.45) is 5.92 Å². The van der Waals surface area contributed by atoms with Gasteiger partial charge in [-0.3, -0.25) is 4.79 Å². The van der Waals surface area contributed by atoms with Crippen LogP contribution < -0.4 is 0 Å². The van der Waals surface area contributed by atoms with Crippen LogP contribution in [0.2, 0.25) is 0 Å². The molecule has 0 bridgehead atoms. The molecule has 6 heteroatoms. The van der Waals surface area contributed by atoms with E-state index in [0.717, 1.165) is 18.4 Å². The topological polar surface area (TPSA) is 78.2 Å². The Labute approximate surface area is 155 Å². The summed E-state index contributed by atoms with van der Waals surface area (Å²) < 4.78 is 25.9. The van der Waals surface area contributed by atoms with E-state index in [-0.39, 0.29) is 11.8 Å². The minimum atomic E-state index is -3.78. The van der Waals surface area contributed by atoms with E-state index >= 15 is 0 Å². The Balaban J connectivity index is 1.99. The summed E-state index contributed by atoms with van der Waals surface area (Å²) in [7, 11) is -3.78. The summed E-state index contributed by atoms with van der Waals surface area (Å²) in [6.45, 7) is 4.61. The lowest BCUT2D eigenvalue weighted by molar-refractivity contribution is -0.135. The number of nitriles is 1. The van der Waals surface area contributed by atoms with E-state index in [1.807, 2.05) is 19.1 Å². The van der Waals surface area contributed by atoms with E-state index in [2.05, 4.69) is 6.07 Å². The van der Waals surface area contributed by atoms with Crippen LogP contribution >= 0.6 is 0 Å². The van der Waals surface area contributed by atoms with Gasteiger partial charge in [-0.15, -0.1) is 0 Å². The number of amides is 1. The molecule has 0 aromatic heterocycles. The van der Waals surface area contributed by atoms with Crippen molar-refractivity contribution in [1.29, 1.82) is 5.26 Å². The van der Waals surface area contributed by atoms with Crippen LogP contribution in [0.15, 0.2) is 23.1 Å². The first-order valence-corrected chi connectivity index (χ1v) is 10.8. The molecule has 1 heterocycles. The fraction of sp³-hybridized carbons (Fsp3) is 0.600. The summed E-state index contributed by atoms with van der Waals surface area (Å²) in [6, 6.07) is 7.66. The number of nitrogens with zero attached hydrogens (tertiary/aromatic N) is 2. The average molecular weight is 375 g/mol. The molecule has 2 fully saturated rings. The molecule has 0 N–H and O–H groups in total. The van der Waals surface area contributed by atoms with Gasteiger partial charge >= 0.3 is 0 Å². The molecule has 1 aromatic rings. The number of benzene rings is 1. The van der Waals surface area contributed by atoms with E-state index in [9.17, 15) is 13.2 Å². The number of rotatable bonds is 3. The number of carbonyl (C=O) groups is 1. The second kappa shape index (κ2) is 7.03. The zero-order valence-electron chi connectivity index (χ0n) is 15.5. The molecule has 3 rings (SSSR count). The SMILES string of the molecule is Cc1ccc(C)c(S(=O)(=O)C2(C(=O)N3CCC(C#N)CC3)CCCC2)c1. The van der Waals surface area contributed by atoms with Gasteiger partial charge in [-0.25, -0.2) is 8.42 Å². The van der Waals surface area contributed by atoms with Crippen molar-refractivity contribution in [2.75, 3.05) is 13.1 Å². The molecule has 1 amide bonds. The Kier molecular flexibility index (Phi) is 5.12. The summed E-state index contributed by atoms with van der Waals surface area (Å²) in [4.78, 5) is 15.4. The van der Waals surface area contributed by atoms with Gasteiger partial charge in [-0.2, -0.15) is 5.26 Å². The van der Waals surface area contributed by atoms with Crippen molar-refractivity contribution < 1.29 is 13.2 Å². The molecule has 5 nitrogen and oxygen atoms in total. The lowest BCUT2D eigenvalue weighted by atomic mass is 9.96. The van der Waals surface area contributed by atoms with Crippen LogP contribution in [0.25, 0.3) is 0 Å². The first kappa shape index (κ1) is 18.9. The smallest absolute Gasteiger partial charge is 0.244 e. The van der Waals surface area contributed by atoms with Gasteiger partial charge < -0.3 is 4.90 Å².